The van der Waals surface area contributed by atoms with E-state index in [1.807, 2.05) is 18.2 Å². The van der Waals surface area contributed by atoms with Crippen molar-refractivity contribution in [2.75, 3.05) is 12.4 Å². The lowest BCUT2D eigenvalue weighted by molar-refractivity contribution is 0.0975. The lowest BCUT2D eigenvalue weighted by Gasteiger charge is -1.99. The highest BCUT2D eigenvalue weighted by Gasteiger charge is 1.97. The predicted molar refractivity (Wildman–Crippen MR) is 48.9 cm³/mol. The van der Waals surface area contributed by atoms with Crippen LogP contribution in [-0.2, 0) is 4.74 Å². The molecular weight excluding hydrogens is 190 g/mol. The normalized spacial score (nSPS) is 9.54. The number of aromatic nitrogens is 1. The Hall–Kier alpha value is -1.23. The van der Waals surface area contributed by atoms with Crippen LogP contribution in [0.1, 0.15) is 0 Å². The Labute approximate surface area is 79.9 Å². The molecule has 0 aliphatic rings. The minimum absolute atomic E-state index is 0.191. The largest absolute Gasteiger partial charge is 0.505 e. The van der Waals surface area contributed by atoms with Crippen molar-refractivity contribution in [1.82, 2.24) is 4.98 Å². The first kappa shape index (κ1) is 9.85. The molecule has 0 amide bonds. The van der Waals surface area contributed by atoms with E-state index in [1.54, 1.807) is 6.20 Å². The lowest BCUT2D eigenvalue weighted by atomic mass is 10.5. The van der Waals surface area contributed by atoms with E-state index >= 15 is 0 Å². The van der Waals surface area contributed by atoms with E-state index in [-0.39, 0.29) is 6.61 Å². The van der Waals surface area contributed by atoms with Gasteiger partial charge < -0.3 is 9.84 Å². The molecule has 1 rings (SSSR count). The second-order valence-electron chi connectivity index (χ2n) is 2.13. The van der Waals surface area contributed by atoms with Crippen LogP contribution in [0.5, 0.6) is 0 Å². The second-order valence-corrected chi connectivity index (χ2v) is 3.25. The average molecular weight is 199 g/mol. The Morgan fingerprint density at radius 3 is 3.08 bits per heavy atom. The molecule has 0 aliphatic carbocycles. The quantitative estimate of drug-likeness (QED) is 0.455. The number of carbonyl (C=O) groups is 1. The lowest BCUT2D eigenvalue weighted by Crippen LogP contribution is -2.03. The molecule has 0 radical (unpaired) electrons. The van der Waals surface area contributed by atoms with Gasteiger partial charge in [0.2, 0.25) is 0 Å². The van der Waals surface area contributed by atoms with Crippen molar-refractivity contribution in [2.24, 2.45) is 0 Å². The van der Waals surface area contributed by atoms with E-state index in [9.17, 15) is 4.79 Å². The molecule has 0 aliphatic heterocycles. The molecule has 1 N–H and O–H groups in total. The molecule has 0 fully saturated rings. The van der Waals surface area contributed by atoms with Gasteiger partial charge >= 0.3 is 6.16 Å². The van der Waals surface area contributed by atoms with E-state index in [0.717, 1.165) is 5.03 Å². The highest BCUT2D eigenvalue weighted by molar-refractivity contribution is 7.99. The van der Waals surface area contributed by atoms with Gasteiger partial charge in [0.1, 0.15) is 6.61 Å². The fraction of sp³-hybridized carbons (Fsp3) is 0.250. The summed E-state index contributed by atoms with van der Waals surface area (Å²) in [5.74, 6) is 0.587. The molecule has 1 heterocycles. The van der Waals surface area contributed by atoms with Crippen LogP contribution in [0.2, 0.25) is 0 Å². The SMILES string of the molecule is O=C(O)OCCSc1ccccn1. The molecule has 4 nitrogen and oxygen atoms in total. The Bertz CT molecular complexity index is 265. The Kier molecular flexibility index (Phi) is 4.11. The van der Waals surface area contributed by atoms with Crippen molar-refractivity contribution in [3.8, 4) is 0 Å². The summed E-state index contributed by atoms with van der Waals surface area (Å²) in [6.07, 6.45) is 0.460. The van der Waals surface area contributed by atoms with Crippen molar-refractivity contribution >= 4 is 17.9 Å². The Balaban J connectivity index is 2.17. The van der Waals surface area contributed by atoms with Crippen molar-refractivity contribution in [3.05, 3.63) is 24.4 Å². The number of nitrogens with zero attached hydrogens (tertiary/aromatic N) is 1. The van der Waals surface area contributed by atoms with Gasteiger partial charge in [0.15, 0.2) is 0 Å². The molecule has 13 heavy (non-hydrogen) atoms. The molecule has 0 spiro atoms. The first-order valence-electron chi connectivity index (χ1n) is 3.68. The summed E-state index contributed by atoms with van der Waals surface area (Å²) in [7, 11) is 0. The average Bonchev–Trinajstić information content (AvgIpc) is 2.14. The van der Waals surface area contributed by atoms with Crippen LogP contribution in [0.3, 0.4) is 0 Å². The molecular formula is C8H9NO3S. The standard InChI is InChI=1S/C8H9NO3S/c10-8(11)12-5-6-13-7-3-1-2-4-9-7/h1-4H,5-6H2,(H,10,11). The third-order valence-corrected chi connectivity index (χ3v) is 2.10. The van der Waals surface area contributed by atoms with Crippen LogP contribution < -0.4 is 0 Å². The van der Waals surface area contributed by atoms with Gasteiger partial charge in [-0.25, -0.2) is 9.78 Å². The smallest absolute Gasteiger partial charge is 0.450 e. The molecule has 0 bridgehead atoms. The number of carboxylic acid groups (broad SMARTS) is 1. The van der Waals surface area contributed by atoms with Gasteiger partial charge in [-0.05, 0) is 12.1 Å². The molecule has 0 aromatic carbocycles. The number of hydrogen-bond donors (Lipinski definition) is 1. The Morgan fingerprint density at radius 2 is 2.46 bits per heavy atom. The summed E-state index contributed by atoms with van der Waals surface area (Å²) in [5.41, 5.74) is 0. The predicted octanol–water partition coefficient (Wildman–Crippen LogP) is 1.87. The van der Waals surface area contributed by atoms with E-state index < -0.39 is 6.16 Å². The monoisotopic (exact) mass is 199 g/mol. The fourth-order valence-corrected chi connectivity index (χ4v) is 1.39. The van der Waals surface area contributed by atoms with Gasteiger partial charge in [0.25, 0.3) is 0 Å². The third-order valence-electron chi connectivity index (χ3n) is 1.20. The van der Waals surface area contributed by atoms with Crippen molar-refractivity contribution in [3.63, 3.8) is 0 Å². The summed E-state index contributed by atoms with van der Waals surface area (Å²) in [6.45, 7) is 0.191. The molecule has 1 aromatic rings. The van der Waals surface area contributed by atoms with Crippen LogP contribution in [0.25, 0.3) is 0 Å². The number of thioether (sulfide) groups is 1. The van der Waals surface area contributed by atoms with Gasteiger partial charge in [-0.15, -0.1) is 11.8 Å². The number of rotatable bonds is 4. The number of pyridine rings is 1. The highest BCUT2D eigenvalue weighted by Crippen LogP contribution is 2.12. The molecule has 70 valence electrons. The van der Waals surface area contributed by atoms with E-state index in [4.69, 9.17) is 5.11 Å². The first-order valence-corrected chi connectivity index (χ1v) is 4.67. The van der Waals surface area contributed by atoms with Gasteiger partial charge in [-0.1, -0.05) is 6.07 Å². The van der Waals surface area contributed by atoms with E-state index in [0.29, 0.717) is 5.75 Å². The summed E-state index contributed by atoms with van der Waals surface area (Å²) < 4.78 is 4.33. The summed E-state index contributed by atoms with van der Waals surface area (Å²) in [5, 5.41) is 9.04. The summed E-state index contributed by atoms with van der Waals surface area (Å²) in [6, 6.07) is 5.58. The molecule has 0 saturated heterocycles. The maximum Gasteiger partial charge on any atom is 0.505 e. The van der Waals surface area contributed by atoms with Crippen LogP contribution in [0.4, 0.5) is 4.79 Å². The zero-order valence-corrected chi connectivity index (χ0v) is 7.66. The van der Waals surface area contributed by atoms with Gasteiger partial charge in [0.05, 0.1) is 5.03 Å². The summed E-state index contributed by atoms with van der Waals surface area (Å²) in [4.78, 5) is 14.0. The van der Waals surface area contributed by atoms with Crippen molar-refractivity contribution in [2.45, 2.75) is 5.03 Å². The van der Waals surface area contributed by atoms with Crippen LogP contribution in [0, 0.1) is 0 Å². The maximum atomic E-state index is 9.96. The molecule has 1 aromatic heterocycles. The van der Waals surface area contributed by atoms with Crippen LogP contribution >= 0.6 is 11.8 Å². The Morgan fingerprint density at radius 1 is 1.62 bits per heavy atom. The minimum atomic E-state index is -1.23. The molecule has 5 heteroatoms. The van der Waals surface area contributed by atoms with Crippen LogP contribution in [0.15, 0.2) is 29.4 Å². The second kappa shape index (κ2) is 5.42. The topological polar surface area (TPSA) is 59.4 Å². The zero-order valence-electron chi connectivity index (χ0n) is 6.84. The molecule has 0 unspecified atom stereocenters. The molecule has 0 saturated carbocycles. The van der Waals surface area contributed by atoms with Gasteiger partial charge in [-0.3, -0.25) is 0 Å². The van der Waals surface area contributed by atoms with E-state index in [2.05, 4.69) is 9.72 Å². The van der Waals surface area contributed by atoms with Crippen molar-refractivity contribution < 1.29 is 14.6 Å². The third kappa shape index (κ3) is 4.37. The zero-order chi connectivity index (χ0) is 9.52. The number of ether oxygens (including phenoxy) is 1. The first-order chi connectivity index (χ1) is 6.29. The fourth-order valence-electron chi connectivity index (χ4n) is 0.708. The van der Waals surface area contributed by atoms with E-state index in [1.165, 1.54) is 11.8 Å². The number of hydrogen-bond acceptors (Lipinski definition) is 4. The maximum absolute atomic E-state index is 9.96. The minimum Gasteiger partial charge on any atom is -0.450 e. The summed E-state index contributed by atoms with van der Waals surface area (Å²) >= 11 is 1.46. The van der Waals surface area contributed by atoms with Gasteiger partial charge in [-0.2, -0.15) is 0 Å². The van der Waals surface area contributed by atoms with Crippen LogP contribution in [-0.4, -0.2) is 28.6 Å². The van der Waals surface area contributed by atoms with Crippen molar-refractivity contribution in [1.29, 1.82) is 0 Å². The van der Waals surface area contributed by atoms with Gasteiger partial charge in [0, 0.05) is 11.9 Å². The highest BCUT2D eigenvalue weighted by atomic mass is 32.2. The molecule has 0 atom stereocenters.